The third kappa shape index (κ3) is 3.01. The number of aromatic hydroxyl groups is 1. The van der Waals surface area contributed by atoms with Gasteiger partial charge in [-0.15, -0.1) is 0 Å². The van der Waals surface area contributed by atoms with Crippen LogP contribution in [0, 0.1) is 0 Å². The average Bonchev–Trinajstić information content (AvgIpc) is 2.98. The molecular weight excluding hydrogens is 294 g/mol. The summed E-state index contributed by atoms with van der Waals surface area (Å²) in [7, 11) is 1.42. The highest BCUT2D eigenvalue weighted by Crippen LogP contribution is 2.26. The zero-order chi connectivity index (χ0) is 16.2. The largest absolute Gasteiger partial charge is 0.504 e. The van der Waals surface area contributed by atoms with Gasteiger partial charge in [-0.3, -0.25) is 4.79 Å². The molecule has 2 aromatic carbocycles. The zero-order valence-electron chi connectivity index (χ0n) is 12.4. The molecule has 0 aliphatic carbocycles. The lowest BCUT2D eigenvalue weighted by Gasteiger charge is -2.05. The summed E-state index contributed by atoms with van der Waals surface area (Å²) in [5.41, 5.74) is 3.78. The Balaban J connectivity index is 1.73. The maximum Gasteiger partial charge on any atom is 0.271 e. The molecule has 3 aromatic rings. The molecule has 3 rings (SSSR count). The van der Waals surface area contributed by atoms with Crippen molar-refractivity contribution in [1.82, 2.24) is 9.99 Å². The Kier molecular flexibility index (Phi) is 3.97. The number of nitrogens with one attached hydrogen (secondary N) is 1. The van der Waals surface area contributed by atoms with Crippen molar-refractivity contribution < 1.29 is 14.6 Å². The Morgan fingerprint density at radius 2 is 2.09 bits per heavy atom. The summed E-state index contributed by atoms with van der Waals surface area (Å²) in [4.78, 5) is 12.0. The number of carbonyl (C=O) groups is 1. The van der Waals surface area contributed by atoms with E-state index in [0.717, 1.165) is 10.9 Å². The number of para-hydroxylation sites is 1. The molecular formula is C17H15N3O3. The van der Waals surface area contributed by atoms with Crippen LogP contribution in [-0.4, -0.2) is 29.0 Å². The van der Waals surface area contributed by atoms with Crippen molar-refractivity contribution in [3.63, 3.8) is 0 Å². The van der Waals surface area contributed by atoms with Crippen molar-refractivity contribution in [1.29, 1.82) is 0 Å². The molecule has 0 fully saturated rings. The second kappa shape index (κ2) is 6.23. The monoisotopic (exact) mass is 309 g/mol. The quantitative estimate of drug-likeness (QED) is 0.442. The zero-order valence-corrected chi connectivity index (χ0v) is 12.4. The molecule has 1 amide bonds. The molecule has 6 nitrogen and oxygen atoms in total. The molecule has 0 bridgehead atoms. The fraction of sp³-hybridized carbons (Fsp3) is 0.0588. The molecule has 0 saturated heterocycles. The lowest BCUT2D eigenvalue weighted by atomic mass is 10.2. The number of methoxy groups -OCH3 is 1. The second-order valence-corrected chi connectivity index (χ2v) is 4.85. The minimum Gasteiger partial charge on any atom is -0.504 e. The molecule has 116 valence electrons. The number of fused-ring (bicyclic) bond motifs is 1. The Bertz CT molecular complexity index is 884. The number of nitrogens with zero attached hydrogens (tertiary/aromatic N) is 2. The summed E-state index contributed by atoms with van der Waals surface area (Å²) in [6, 6.07) is 14.2. The van der Waals surface area contributed by atoms with Gasteiger partial charge in [0.1, 0.15) is 6.34 Å². The van der Waals surface area contributed by atoms with E-state index >= 15 is 0 Å². The van der Waals surface area contributed by atoms with Gasteiger partial charge in [0.2, 0.25) is 0 Å². The van der Waals surface area contributed by atoms with Gasteiger partial charge in [0.15, 0.2) is 11.5 Å². The van der Waals surface area contributed by atoms with Crippen molar-refractivity contribution in [2.45, 2.75) is 0 Å². The topological polar surface area (TPSA) is 75.8 Å². The number of aromatic nitrogens is 1. The van der Waals surface area contributed by atoms with Gasteiger partial charge in [-0.05, 0) is 35.7 Å². The first kappa shape index (κ1) is 14.6. The summed E-state index contributed by atoms with van der Waals surface area (Å²) in [5.74, 6) is -0.180. The van der Waals surface area contributed by atoms with Crippen LogP contribution < -0.4 is 10.2 Å². The fourth-order valence-electron chi connectivity index (χ4n) is 2.24. The van der Waals surface area contributed by atoms with E-state index in [-0.39, 0.29) is 11.5 Å². The first-order valence-electron chi connectivity index (χ1n) is 6.95. The molecule has 0 saturated carbocycles. The minimum absolute atomic E-state index is 0.0219. The van der Waals surface area contributed by atoms with E-state index in [4.69, 9.17) is 4.74 Å². The van der Waals surface area contributed by atoms with Crippen LogP contribution >= 0.6 is 0 Å². The van der Waals surface area contributed by atoms with Gasteiger partial charge in [-0.1, -0.05) is 18.2 Å². The number of phenols is 1. The van der Waals surface area contributed by atoms with Gasteiger partial charge in [0.25, 0.3) is 5.91 Å². The lowest BCUT2D eigenvalue weighted by molar-refractivity contribution is 0.0954. The predicted octanol–water partition coefficient (Wildman–Crippen LogP) is 2.58. The average molecular weight is 309 g/mol. The number of amides is 1. The maximum atomic E-state index is 12.0. The first-order valence-corrected chi connectivity index (χ1v) is 6.95. The highest BCUT2D eigenvalue weighted by Gasteiger charge is 2.08. The Hall–Kier alpha value is -3.28. The summed E-state index contributed by atoms with van der Waals surface area (Å²) in [6.07, 6.45) is 3.39. The second-order valence-electron chi connectivity index (χ2n) is 4.85. The van der Waals surface area contributed by atoms with E-state index in [1.165, 1.54) is 31.6 Å². The molecule has 0 spiro atoms. The van der Waals surface area contributed by atoms with E-state index in [9.17, 15) is 9.90 Å². The molecule has 0 aliphatic rings. The predicted molar refractivity (Wildman–Crippen MR) is 88.0 cm³/mol. The van der Waals surface area contributed by atoms with Gasteiger partial charge in [0, 0.05) is 11.8 Å². The highest BCUT2D eigenvalue weighted by atomic mass is 16.5. The molecule has 0 unspecified atom stereocenters. The number of rotatable bonds is 4. The van der Waals surface area contributed by atoms with E-state index in [2.05, 4.69) is 10.5 Å². The summed E-state index contributed by atoms with van der Waals surface area (Å²) in [6.45, 7) is 0. The highest BCUT2D eigenvalue weighted by molar-refractivity contribution is 5.95. The fourth-order valence-corrected chi connectivity index (χ4v) is 2.24. The number of benzene rings is 2. The number of carbonyl (C=O) groups excluding carboxylic acids is 1. The van der Waals surface area contributed by atoms with Gasteiger partial charge < -0.3 is 14.4 Å². The first-order chi connectivity index (χ1) is 11.2. The molecule has 0 aliphatic heterocycles. The molecule has 2 N–H and O–H groups in total. The van der Waals surface area contributed by atoms with E-state index in [0.29, 0.717) is 5.56 Å². The van der Waals surface area contributed by atoms with Crippen LogP contribution in [0.3, 0.4) is 0 Å². The van der Waals surface area contributed by atoms with E-state index in [1.54, 1.807) is 0 Å². The molecule has 6 heteroatoms. The van der Waals surface area contributed by atoms with E-state index in [1.807, 2.05) is 41.1 Å². The van der Waals surface area contributed by atoms with E-state index < -0.39 is 5.91 Å². The Morgan fingerprint density at radius 1 is 1.26 bits per heavy atom. The van der Waals surface area contributed by atoms with Gasteiger partial charge in [-0.2, -0.15) is 5.10 Å². The number of hydrogen-bond acceptors (Lipinski definition) is 4. The Labute approximate surface area is 132 Å². The van der Waals surface area contributed by atoms with Gasteiger partial charge in [0.05, 0.1) is 12.6 Å². The normalized spacial score (nSPS) is 11.0. The third-order valence-corrected chi connectivity index (χ3v) is 3.42. The molecule has 23 heavy (non-hydrogen) atoms. The SMILES string of the molecule is COc1cc(C(=O)NN=Cn2ccc3ccccc32)ccc1O. The summed E-state index contributed by atoms with van der Waals surface area (Å²) >= 11 is 0. The number of hydrogen-bond donors (Lipinski definition) is 2. The van der Waals surface area contributed by atoms with Crippen LogP contribution in [0.2, 0.25) is 0 Å². The maximum absolute atomic E-state index is 12.0. The van der Waals surface area contributed by atoms with Crippen molar-refractivity contribution in [3.05, 3.63) is 60.3 Å². The van der Waals surface area contributed by atoms with Gasteiger partial charge >= 0.3 is 0 Å². The molecule has 0 radical (unpaired) electrons. The van der Waals surface area contributed by atoms with Crippen molar-refractivity contribution >= 4 is 23.1 Å². The smallest absolute Gasteiger partial charge is 0.271 e. The Morgan fingerprint density at radius 3 is 2.91 bits per heavy atom. The van der Waals surface area contributed by atoms with Crippen molar-refractivity contribution in [3.8, 4) is 11.5 Å². The third-order valence-electron chi connectivity index (χ3n) is 3.42. The van der Waals surface area contributed by atoms with Crippen LogP contribution in [0.15, 0.2) is 59.8 Å². The van der Waals surface area contributed by atoms with Crippen LogP contribution in [0.4, 0.5) is 0 Å². The van der Waals surface area contributed by atoms with Crippen LogP contribution in [-0.2, 0) is 0 Å². The van der Waals surface area contributed by atoms with Gasteiger partial charge in [-0.25, -0.2) is 5.43 Å². The lowest BCUT2D eigenvalue weighted by Crippen LogP contribution is -2.18. The van der Waals surface area contributed by atoms with Crippen LogP contribution in [0.25, 0.3) is 10.9 Å². The standard InChI is InChI=1S/C17H15N3O3/c1-23-16-10-13(6-7-15(16)21)17(22)19-18-11-20-9-8-12-4-2-3-5-14(12)20/h2-11,21H,1H3,(H,19,22). The van der Waals surface area contributed by atoms with Crippen molar-refractivity contribution in [2.24, 2.45) is 5.10 Å². The molecule has 1 aromatic heterocycles. The number of hydrazone groups is 1. The van der Waals surface area contributed by atoms with Crippen LogP contribution in [0.1, 0.15) is 10.4 Å². The molecule has 0 atom stereocenters. The number of phenolic OH excluding ortho intramolecular Hbond substituents is 1. The summed E-state index contributed by atoms with van der Waals surface area (Å²) in [5, 5.41) is 14.6. The van der Waals surface area contributed by atoms with Crippen LogP contribution in [0.5, 0.6) is 11.5 Å². The molecule has 1 heterocycles. The van der Waals surface area contributed by atoms with Crippen molar-refractivity contribution in [2.75, 3.05) is 7.11 Å². The number of ether oxygens (including phenoxy) is 1. The minimum atomic E-state index is -0.393. The summed E-state index contributed by atoms with van der Waals surface area (Å²) < 4.78 is 6.79.